The smallest absolute Gasteiger partial charge is 0.271 e. The van der Waals surface area contributed by atoms with Crippen LogP contribution >= 0.6 is 11.6 Å². The van der Waals surface area contributed by atoms with E-state index >= 15 is 0 Å². The number of amides is 2. The lowest BCUT2D eigenvalue weighted by Crippen LogP contribution is -2.51. The highest BCUT2D eigenvalue weighted by Crippen LogP contribution is 2.34. The number of hydrogen-bond acceptors (Lipinski definition) is 5. The summed E-state index contributed by atoms with van der Waals surface area (Å²) in [4.78, 5) is 39.1. The fourth-order valence-electron chi connectivity index (χ4n) is 3.96. The zero-order valence-corrected chi connectivity index (χ0v) is 17.5. The van der Waals surface area contributed by atoms with Gasteiger partial charge in [0.15, 0.2) is 5.60 Å². The molecule has 7 nitrogen and oxygen atoms in total. The second-order valence-corrected chi connectivity index (χ2v) is 8.25. The first-order valence-corrected chi connectivity index (χ1v) is 10.3. The molecule has 8 heteroatoms. The van der Waals surface area contributed by atoms with Crippen LogP contribution in [0.15, 0.2) is 53.8 Å². The van der Waals surface area contributed by atoms with Crippen LogP contribution in [0, 0.1) is 0 Å². The van der Waals surface area contributed by atoms with Crippen LogP contribution in [0.25, 0.3) is 0 Å². The highest BCUT2D eigenvalue weighted by molar-refractivity contribution is 6.39. The number of likely N-dealkylation sites (tertiary alicyclic amines) is 1. The Morgan fingerprint density at radius 1 is 1.27 bits per heavy atom. The summed E-state index contributed by atoms with van der Waals surface area (Å²) in [6, 6.07) is 12.5. The van der Waals surface area contributed by atoms with Crippen molar-refractivity contribution < 1.29 is 14.4 Å². The lowest BCUT2D eigenvalue weighted by Gasteiger charge is -2.38. The van der Waals surface area contributed by atoms with Crippen molar-refractivity contribution in [2.45, 2.75) is 31.4 Å². The number of rotatable bonds is 4. The van der Waals surface area contributed by atoms with Gasteiger partial charge in [-0.2, -0.15) is 0 Å². The second kappa shape index (κ2) is 8.44. The molecule has 0 bridgehead atoms. The van der Waals surface area contributed by atoms with Crippen molar-refractivity contribution in [3.63, 3.8) is 0 Å². The summed E-state index contributed by atoms with van der Waals surface area (Å²) in [5.41, 5.74) is 1.08. The molecule has 1 aromatic carbocycles. The van der Waals surface area contributed by atoms with Crippen LogP contribution in [0.5, 0.6) is 0 Å². The van der Waals surface area contributed by atoms with Crippen LogP contribution < -0.4 is 0 Å². The molecule has 0 aliphatic carbocycles. The Balaban J connectivity index is 1.40. The molecule has 4 rings (SSSR count). The van der Waals surface area contributed by atoms with Gasteiger partial charge < -0.3 is 14.6 Å². The predicted molar refractivity (Wildman–Crippen MR) is 113 cm³/mol. The molecule has 2 aliphatic heterocycles. The van der Waals surface area contributed by atoms with Gasteiger partial charge >= 0.3 is 0 Å². The zero-order chi connectivity index (χ0) is 21.1. The molecule has 2 amide bonds. The van der Waals surface area contributed by atoms with Crippen molar-refractivity contribution in [1.82, 2.24) is 14.8 Å². The molecule has 0 radical (unpaired) electrons. The minimum absolute atomic E-state index is 0.0905. The van der Waals surface area contributed by atoms with Crippen LogP contribution in [0.1, 0.15) is 35.3 Å². The molecule has 30 heavy (non-hydrogen) atoms. The number of oxime groups is 1. The standard InChI is InChI=1S/C22H23ClN4O3/c1-26(14-18-8-2-3-10-24-18)21(29)19-13-22(30-25-19)9-5-11-27(15-22)20(28)16-6-4-7-17(23)12-16/h2-4,6-8,10,12H,5,9,11,13-15H2,1H3. The van der Waals surface area contributed by atoms with Gasteiger partial charge in [0.1, 0.15) is 5.71 Å². The monoisotopic (exact) mass is 426 g/mol. The normalized spacial score (nSPS) is 20.6. The largest absolute Gasteiger partial charge is 0.386 e. The third-order valence-electron chi connectivity index (χ3n) is 5.46. The summed E-state index contributed by atoms with van der Waals surface area (Å²) in [6.45, 7) is 1.42. The third kappa shape index (κ3) is 4.31. The Hall–Kier alpha value is -2.93. The molecule has 0 saturated carbocycles. The molecule has 2 aliphatic rings. The summed E-state index contributed by atoms with van der Waals surface area (Å²) in [5, 5.41) is 4.63. The average molecular weight is 427 g/mol. The Morgan fingerprint density at radius 3 is 2.90 bits per heavy atom. The number of carbonyl (C=O) groups excluding carboxylic acids is 2. The topological polar surface area (TPSA) is 75.1 Å². The van der Waals surface area contributed by atoms with E-state index in [4.69, 9.17) is 16.4 Å². The van der Waals surface area contributed by atoms with Crippen molar-refractivity contribution in [1.29, 1.82) is 0 Å². The fraction of sp³-hybridized carbons (Fsp3) is 0.364. The highest BCUT2D eigenvalue weighted by atomic mass is 35.5. The van der Waals surface area contributed by atoms with Crippen LogP contribution in [-0.4, -0.2) is 58.0 Å². The molecular formula is C22H23ClN4O3. The van der Waals surface area contributed by atoms with Crippen LogP contribution in [0.3, 0.4) is 0 Å². The highest BCUT2D eigenvalue weighted by Gasteiger charge is 2.46. The molecule has 1 fully saturated rings. The van der Waals surface area contributed by atoms with Crippen molar-refractivity contribution in [3.8, 4) is 0 Å². The molecule has 3 heterocycles. The number of carbonyl (C=O) groups is 2. The van der Waals surface area contributed by atoms with Crippen molar-refractivity contribution in [2.24, 2.45) is 5.16 Å². The summed E-state index contributed by atoms with van der Waals surface area (Å²) in [5.74, 6) is -0.275. The number of benzene rings is 1. The van der Waals surface area contributed by atoms with Crippen molar-refractivity contribution in [2.75, 3.05) is 20.1 Å². The number of hydrogen-bond donors (Lipinski definition) is 0. The van der Waals surface area contributed by atoms with Gasteiger partial charge in [0.2, 0.25) is 0 Å². The number of aromatic nitrogens is 1. The maximum Gasteiger partial charge on any atom is 0.271 e. The number of piperidine rings is 1. The lowest BCUT2D eigenvalue weighted by molar-refractivity contribution is -0.123. The molecule has 0 N–H and O–H groups in total. The van der Waals surface area contributed by atoms with Crippen LogP contribution in [0.4, 0.5) is 0 Å². The van der Waals surface area contributed by atoms with Gasteiger partial charge in [0.05, 0.1) is 18.8 Å². The summed E-state index contributed by atoms with van der Waals surface area (Å²) in [6.07, 6.45) is 3.62. The Kier molecular flexibility index (Phi) is 5.72. The Bertz CT molecular complexity index is 981. The molecule has 1 atom stereocenters. The van der Waals surface area contributed by atoms with Gasteiger partial charge in [-0.3, -0.25) is 14.6 Å². The van der Waals surface area contributed by atoms with Gasteiger partial charge in [0, 0.05) is 36.8 Å². The van der Waals surface area contributed by atoms with Gasteiger partial charge in [-0.15, -0.1) is 0 Å². The molecule has 1 aromatic heterocycles. The van der Waals surface area contributed by atoms with E-state index in [-0.39, 0.29) is 11.8 Å². The average Bonchev–Trinajstić information content (AvgIpc) is 3.16. The second-order valence-electron chi connectivity index (χ2n) is 7.81. The molecule has 2 aromatic rings. The zero-order valence-electron chi connectivity index (χ0n) is 16.8. The minimum Gasteiger partial charge on any atom is -0.386 e. The third-order valence-corrected chi connectivity index (χ3v) is 5.69. The minimum atomic E-state index is -0.649. The van der Waals surface area contributed by atoms with E-state index in [1.807, 2.05) is 18.2 Å². The number of halogens is 1. The van der Waals surface area contributed by atoms with Gasteiger partial charge in [-0.25, -0.2) is 0 Å². The van der Waals surface area contributed by atoms with Gasteiger partial charge in [0.25, 0.3) is 11.8 Å². The Morgan fingerprint density at radius 2 is 2.13 bits per heavy atom. The van der Waals surface area contributed by atoms with Crippen molar-refractivity contribution in [3.05, 3.63) is 64.9 Å². The van der Waals surface area contributed by atoms with E-state index < -0.39 is 5.60 Å². The molecule has 156 valence electrons. The van der Waals surface area contributed by atoms with E-state index in [2.05, 4.69) is 10.1 Å². The SMILES string of the molecule is CN(Cc1ccccn1)C(=O)C1=NOC2(CCCN(C(=O)c3cccc(Cl)c3)C2)C1. The first-order chi connectivity index (χ1) is 14.5. The van der Waals surface area contributed by atoms with E-state index in [0.29, 0.717) is 42.4 Å². The molecule has 1 spiro atoms. The van der Waals surface area contributed by atoms with E-state index in [1.165, 1.54) is 0 Å². The number of pyridine rings is 1. The fourth-order valence-corrected chi connectivity index (χ4v) is 4.15. The van der Waals surface area contributed by atoms with Gasteiger partial charge in [-0.1, -0.05) is 28.9 Å². The Labute approximate surface area is 180 Å². The summed E-state index contributed by atoms with van der Waals surface area (Å²) in [7, 11) is 1.72. The van der Waals surface area contributed by atoms with E-state index in [0.717, 1.165) is 18.5 Å². The predicted octanol–water partition coefficient (Wildman–Crippen LogP) is 3.14. The van der Waals surface area contributed by atoms with E-state index in [9.17, 15) is 9.59 Å². The summed E-state index contributed by atoms with van der Waals surface area (Å²) >= 11 is 6.03. The lowest BCUT2D eigenvalue weighted by atomic mass is 9.87. The van der Waals surface area contributed by atoms with Crippen LogP contribution in [0.2, 0.25) is 5.02 Å². The maximum atomic E-state index is 12.9. The first kappa shape index (κ1) is 20.3. The maximum absolute atomic E-state index is 12.9. The number of nitrogens with zero attached hydrogens (tertiary/aromatic N) is 4. The molecular weight excluding hydrogens is 404 g/mol. The van der Waals surface area contributed by atoms with Crippen LogP contribution in [-0.2, 0) is 16.2 Å². The molecule has 1 unspecified atom stereocenters. The summed E-state index contributed by atoms with van der Waals surface area (Å²) < 4.78 is 0. The molecule has 1 saturated heterocycles. The van der Waals surface area contributed by atoms with E-state index in [1.54, 1.807) is 47.3 Å². The van der Waals surface area contributed by atoms with Gasteiger partial charge in [-0.05, 0) is 43.2 Å². The first-order valence-electron chi connectivity index (χ1n) is 9.91. The van der Waals surface area contributed by atoms with Crippen molar-refractivity contribution >= 4 is 29.1 Å². The quantitative estimate of drug-likeness (QED) is 0.752.